The molecule has 1 aromatic carbocycles. The van der Waals surface area contributed by atoms with Crippen molar-refractivity contribution in [2.45, 2.75) is 19.9 Å². The molecule has 1 aromatic rings. The van der Waals surface area contributed by atoms with Gasteiger partial charge < -0.3 is 21.7 Å². The zero-order valence-electron chi connectivity index (χ0n) is 11.2. The van der Waals surface area contributed by atoms with Crippen LogP contribution in [0.1, 0.15) is 24.2 Å². The molecule has 0 saturated heterocycles. The van der Waals surface area contributed by atoms with Crippen LogP contribution in [0.4, 0.5) is 11.4 Å². The van der Waals surface area contributed by atoms with E-state index >= 15 is 0 Å². The predicted molar refractivity (Wildman–Crippen MR) is 75.6 cm³/mol. The molecule has 5 nitrogen and oxygen atoms in total. The van der Waals surface area contributed by atoms with Crippen molar-refractivity contribution in [1.29, 1.82) is 0 Å². The zero-order valence-corrected chi connectivity index (χ0v) is 11.2. The van der Waals surface area contributed by atoms with Crippen LogP contribution in [0.2, 0.25) is 0 Å². The summed E-state index contributed by atoms with van der Waals surface area (Å²) in [5.74, 6) is -0.465. The molecule has 18 heavy (non-hydrogen) atoms. The van der Waals surface area contributed by atoms with Gasteiger partial charge >= 0.3 is 0 Å². The van der Waals surface area contributed by atoms with Gasteiger partial charge in [-0.3, -0.25) is 4.79 Å². The highest BCUT2D eigenvalue weighted by Gasteiger charge is 2.06. The highest BCUT2D eigenvalue weighted by Crippen LogP contribution is 2.19. The summed E-state index contributed by atoms with van der Waals surface area (Å²) in [4.78, 5) is 13.2. The summed E-state index contributed by atoms with van der Waals surface area (Å²) in [7, 11) is 2.08. The number of carbonyl (C=O) groups excluding carboxylic acids is 1. The second-order valence-electron chi connectivity index (χ2n) is 4.67. The van der Waals surface area contributed by atoms with Crippen LogP contribution in [-0.4, -0.2) is 37.0 Å². The largest absolute Gasteiger partial charge is 0.397 e. The Balaban J connectivity index is 2.56. The van der Waals surface area contributed by atoms with E-state index in [4.69, 9.17) is 11.5 Å². The predicted octanol–water partition coefficient (Wildman–Crippen LogP) is 1.12. The Bertz CT molecular complexity index is 417. The molecule has 0 aliphatic heterocycles. The maximum absolute atomic E-state index is 11.0. The van der Waals surface area contributed by atoms with Gasteiger partial charge in [0, 0.05) is 24.7 Å². The van der Waals surface area contributed by atoms with Crippen molar-refractivity contribution < 1.29 is 4.79 Å². The fourth-order valence-corrected chi connectivity index (χ4v) is 1.50. The van der Waals surface area contributed by atoms with Crippen LogP contribution in [-0.2, 0) is 0 Å². The number of carbonyl (C=O) groups is 1. The van der Waals surface area contributed by atoms with Crippen molar-refractivity contribution >= 4 is 17.3 Å². The quantitative estimate of drug-likeness (QED) is 0.661. The smallest absolute Gasteiger partial charge is 0.248 e. The fourth-order valence-electron chi connectivity index (χ4n) is 1.50. The topological polar surface area (TPSA) is 84.4 Å². The average molecular weight is 250 g/mol. The summed E-state index contributed by atoms with van der Waals surface area (Å²) in [6.07, 6.45) is 0. The van der Waals surface area contributed by atoms with Gasteiger partial charge in [0.05, 0.1) is 11.4 Å². The van der Waals surface area contributed by atoms with Gasteiger partial charge in [0.25, 0.3) is 0 Å². The second kappa shape index (κ2) is 6.26. The lowest BCUT2D eigenvalue weighted by molar-refractivity contribution is 0.100. The minimum absolute atomic E-state index is 0.428. The Morgan fingerprint density at radius 1 is 1.44 bits per heavy atom. The van der Waals surface area contributed by atoms with E-state index in [9.17, 15) is 4.79 Å². The Morgan fingerprint density at radius 2 is 2.11 bits per heavy atom. The van der Waals surface area contributed by atoms with E-state index in [0.717, 1.165) is 18.8 Å². The molecule has 0 saturated carbocycles. The molecule has 0 aliphatic carbocycles. The molecule has 0 radical (unpaired) electrons. The molecule has 1 rings (SSSR count). The average Bonchev–Trinajstić information content (AvgIpc) is 2.30. The molecule has 0 fully saturated rings. The van der Waals surface area contributed by atoms with Crippen LogP contribution in [0.3, 0.4) is 0 Å². The Hall–Kier alpha value is -1.75. The van der Waals surface area contributed by atoms with Crippen molar-refractivity contribution in [1.82, 2.24) is 4.90 Å². The third-order valence-corrected chi connectivity index (χ3v) is 3.00. The molecule has 100 valence electrons. The molecule has 0 aromatic heterocycles. The number of primary amides is 1. The summed E-state index contributed by atoms with van der Waals surface area (Å²) in [5, 5.41) is 3.25. The molecule has 0 spiro atoms. The van der Waals surface area contributed by atoms with Gasteiger partial charge in [-0.1, -0.05) is 0 Å². The summed E-state index contributed by atoms with van der Waals surface area (Å²) < 4.78 is 0. The van der Waals surface area contributed by atoms with Gasteiger partial charge in [-0.2, -0.15) is 0 Å². The maximum atomic E-state index is 11.0. The van der Waals surface area contributed by atoms with E-state index in [1.807, 2.05) is 0 Å². The number of anilines is 2. The SMILES string of the molecule is CC(C)N(C)CCNc1ccc(C(N)=O)cc1N. The van der Waals surface area contributed by atoms with Crippen molar-refractivity contribution in [3.8, 4) is 0 Å². The van der Waals surface area contributed by atoms with Gasteiger partial charge in [0.1, 0.15) is 0 Å². The van der Waals surface area contributed by atoms with Gasteiger partial charge in [-0.15, -0.1) is 0 Å². The summed E-state index contributed by atoms with van der Waals surface area (Å²) in [5.41, 5.74) is 12.8. The van der Waals surface area contributed by atoms with Crippen molar-refractivity contribution in [3.63, 3.8) is 0 Å². The van der Waals surface area contributed by atoms with E-state index in [2.05, 4.69) is 31.1 Å². The lowest BCUT2D eigenvalue weighted by Crippen LogP contribution is -2.31. The van der Waals surface area contributed by atoms with Crippen LogP contribution >= 0.6 is 0 Å². The number of nitrogens with one attached hydrogen (secondary N) is 1. The first-order valence-electron chi connectivity index (χ1n) is 6.05. The molecule has 0 bridgehead atoms. The Kier molecular flexibility index (Phi) is 4.97. The molecule has 5 heteroatoms. The molecule has 0 atom stereocenters. The number of hydrogen-bond donors (Lipinski definition) is 3. The number of nitrogens with two attached hydrogens (primary N) is 2. The first-order chi connectivity index (χ1) is 8.41. The second-order valence-corrected chi connectivity index (χ2v) is 4.67. The van der Waals surface area contributed by atoms with E-state index < -0.39 is 5.91 Å². The minimum Gasteiger partial charge on any atom is -0.397 e. The number of hydrogen-bond acceptors (Lipinski definition) is 4. The van der Waals surface area contributed by atoms with Gasteiger partial charge in [-0.25, -0.2) is 0 Å². The number of amides is 1. The Morgan fingerprint density at radius 3 is 2.61 bits per heavy atom. The molecule has 5 N–H and O–H groups in total. The van der Waals surface area contributed by atoms with Crippen LogP contribution in [0.25, 0.3) is 0 Å². The number of benzene rings is 1. The number of rotatable bonds is 6. The van der Waals surface area contributed by atoms with E-state index in [0.29, 0.717) is 17.3 Å². The van der Waals surface area contributed by atoms with Crippen molar-refractivity contribution in [3.05, 3.63) is 23.8 Å². The van der Waals surface area contributed by atoms with Gasteiger partial charge in [0.15, 0.2) is 0 Å². The van der Waals surface area contributed by atoms with E-state index in [-0.39, 0.29) is 0 Å². The third-order valence-electron chi connectivity index (χ3n) is 3.00. The molecule has 0 heterocycles. The summed E-state index contributed by atoms with van der Waals surface area (Å²) >= 11 is 0. The van der Waals surface area contributed by atoms with Gasteiger partial charge in [0.2, 0.25) is 5.91 Å². The van der Waals surface area contributed by atoms with Crippen LogP contribution in [0.15, 0.2) is 18.2 Å². The summed E-state index contributed by atoms with van der Waals surface area (Å²) in [6.45, 7) is 6.02. The fraction of sp³-hybridized carbons (Fsp3) is 0.462. The first-order valence-corrected chi connectivity index (χ1v) is 6.05. The van der Waals surface area contributed by atoms with Crippen LogP contribution in [0.5, 0.6) is 0 Å². The lowest BCUT2D eigenvalue weighted by atomic mass is 10.1. The normalized spacial score (nSPS) is 10.9. The highest BCUT2D eigenvalue weighted by molar-refractivity contribution is 5.94. The van der Waals surface area contributed by atoms with Crippen LogP contribution < -0.4 is 16.8 Å². The monoisotopic (exact) mass is 250 g/mol. The molecular formula is C13H22N4O. The Labute approximate surface area is 108 Å². The maximum Gasteiger partial charge on any atom is 0.248 e. The lowest BCUT2D eigenvalue weighted by Gasteiger charge is -2.21. The summed E-state index contributed by atoms with van der Waals surface area (Å²) in [6, 6.07) is 5.57. The first kappa shape index (κ1) is 14.3. The third kappa shape index (κ3) is 3.92. The highest BCUT2D eigenvalue weighted by atomic mass is 16.1. The molecular weight excluding hydrogens is 228 g/mol. The number of likely N-dealkylation sites (N-methyl/N-ethyl adjacent to an activating group) is 1. The minimum atomic E-state index is -0.465. The van der Waals surface area contributed by atoms with Crippen molar-refractivity contribution in [2.24, 2.45) is 5.73 Å². The standard InChI is InChI=1S/C13H22N4O/c1-9(2)17(3)7-6-16-12-5-4-10(13(15)18)8-11(12)14/h4-5,8-9,16H,6-7,14H2,1-3H3,(H2,15,18). The number of nitrogens with zero attached hydrogens (tertiary/aromatic N) is 1. The molecule has 0 aliphatic rings. The van der Waals surface area contributed by atoms with E-state index in [1.54, 1.807) is 18.2 Å². The zero-order chi connectivity index (χ0) is 13.7. The number of nitrogen functional groups attached to an aromatic ring is 1. The van der Waals surface area contributed by atoms with Crippen molar-refractivity contribution in [2.75, 3.05) is 31.2 Å². The van der Waals surface area contributed by atoms with Gasteiger partial charge in [-0.05, 0) is 39.1 Å². The van der Waals surface area contributed by atoms with Crippen LogP contribution in [0, 0.1) is 0 Å². The molecule has 1 amide bonds. The molecule has 0 unspecified atom stereocenters. The van der Waals surface area contributed by atoms with E-state index in [1.165, 1.54) is 0 Å².